The van der Waals surface area contributed by atoms with E-state index in [4.69, 9.17) is 14.2 Å². The van der Waals surface area contributed by atoms with Gasteiger partial charge < -0.3 is 24.6 Å². The molecule has 224 valence electrons. The molecule has 42 heavy (non-hydrogen) atoms. The van der Waals surface area contributed by atoms with E-state index in [9.17, 15) is 23.1 Å². The van der Waals surface area contributed by atoms with E-state index in [0.29, 0.717) is 12.2 Å². The number of ether oxygens (including phenoxy) is 3. The zero-order chi connectivity index (χ0) is 29.9. The summed E-state index contributed by atoms with van der Waals surface area (Å²) < 4.78 is 46.4. The molecule has 0 bridgehead atoms. The maximum Gasteiger partial charge on any atom is 0.286 e. The van der Waals surface area contributed by atoms with Gasteiger partial charge in [-0.25, -0.2) is 8.42 Å². The number of benzene rings is 2. The molecule has 0 spiro atoms. The van der Waals surface area contributed by atoms with Crippen molar-refractivity contribution in [2.24, 2.45) is 0 Å². The fourth-order valence-corrected chi connectivity index (χ4v) is 6.44. The Kier molecular flexibility index (Phi) is 8.97. The summed E-state index contributed by atoms with van der Waals surface area (Å²) in [5.41, 5.74) is 1.63. The van der Waals surface area contributed by atoms with Crippen LogP contribution in [0.2, 0.25) is 0 Å². The number of carbonyl (C=O) groups excluding carboxylic acids is 2. The average molecular weight is 598 g/mol. The number of aliphatic hydroxyl groups excluding tert-OH is 1. The van der Waals surface area contributed by atoms with Crippen LogP contribution in [0.4, 0.5) is 0 Å². The van der Waals surface area contributed by atoms with Crippen LogP contribution >= 0.6 is 0 Å². The highest BCUT2D eigenvalue weighted by Gasteiger charge is 2.33. The Hall–Kier alpha value is -3.71. The summed E-state index contributed by atoms with van der Waals surface area (Å²) in [7, 11) is -2.42. The van der Waals surface area contributed by atoms with Gasteiger partial charge in [0.15, 0.2) is 5.76 Å². The second-order valence-corrected chi connectivity index (χ2v) is 12.3. The summed E-state index contributed by atoms with van der Waals surface area (Å²) >= 11 is 0. The number of rotatable bonds is 12. The highest BCUT2D eigenvalue weighted by molar-refractivity contribution is 7.89. The normalized spacial score (nSPS) is 18.9. The van der Waals surface area contributed by atoms with Gasteiger partial charge in [-0.05, 0) is 54.8 Å². The second-order valence-electron chi connectivity index (χ2n) is 10.3. The Bertz CT molecular complexity index is 1580. The highest BCUT2D eigenvalue weighted by atomic mass is 32.2. The molecule has 2 aliphatic rings. The number of aromatic nitrogens is 1. The lowest BCUT2D eigenvalue weighted by Gasteiger charge is -2.30. The molecule has 1 fully saturated rings. The van der Waals surface area contributed by atoms with Gasteiger partial charge in [-0.1, -0.05) is 18.2 Å². The van der Waals surface area contributed by atoms with Crippen LogP contribution in [0.5, 0.6) is 5.75 Å². The van der Waals surface area contributed by atoms with Crippen molar-refractivity contribution in [2.75, 3.05) is 33.4 Å². The zero-order valence-electron chi connectivity index (χ0n) is 23.6. The number of hydrogen-bond acceptors (Lipinski definition) is 8. The molecule has 3 aromatic rings. The first-order valence-electron chi connectivity index (χ1n) is 13.9. The van der Waals surface area contributed by atoms with Crippen molar-refractivity contribution in [3.05, 3.63) is 72.1 Å². The number of hydrogen-bond donors (Lipinski definition) is 2. The van der Waals surface area contributed by atoms with Gasteiger partial charge in [-0.2, -0.15) is 4.31 Å². The SMILES string of the molecule is COc1ccc(S(=O)(=O)N(CCO)CCO[C@@H]2C[C@H](c3cn(C(C)=O)c4ccccc34)C=C(C(=O)NC3CC3)O2)cc1. The minimum absolute atomic E-state index is 0.0422. The molecule has 12 heteroatoms. The van der Waals surface area contributed by atoms with Crippen LogP contribution in [0, 0.1) is 0 Å². The van der Waals surface area contributed by atoms with Gasteiger partial charge in [0, 0.05) is 50.0 Å². The summed E-state index contributed by atoms with van der Waals surface area (Å²) in [4.78, 5) is 25.4. The Labute approximate surface area is 244 Å². The number of nitrogens with zero attached hydrogens (tertiary/aromatic N) is 2. The lowest BCUT2D eigenvalue weighted by molar-refractivity contribution is -0.146. The molecule has 11 nitrogen and oxygen atoms in total. The van der Waals surface area contributed by atoms with Crippen LogP contribution in [0.15, 0.2) is 71.5 Å². The number of nitrogens with one attached hydrogen (secondary N) is 1. The molecular weight excluding hydrogens is 562 g/mol. The maximum atomic E-state index is 13.3. The largest absolute Gasteiger partial charge is 0.497 e. The number of amides is 1. The Morgan fingerprint density at radius 2 is 1.86 bits per heavy atom. The molecule has 1 saturated carbocycles. The third-order valence-electron chi connectivity index (χ3n) is 7.37. The number of aliphatic hydroxyl groups is 1. The van der Waals surface area contributed by atoms with E-state index in [1.54, 1.807) is 29.0 Å². The van der Waals surface area contributed by atoms with Gasteiger partial charge in [0.1, 0.15) is 5.75 Å². The van der Waals surface area contributed by atoms with Crippen LogP contribution in [0.3, 0.4) is 0 Å². The van der Waals surface area contributed by atoms with Gasteiger partial charge in [-0.15, -0.1) is 0 Å². The molecule has 2 aromatic carbocycles. The lowest BCUT2D eigenvalue weighted by Crippen LogP contribution is -2.38. The van der Waals surface area contributed by atoms with E-state index in [2.05, 4.69) is 5.32 Å². The average Bonchev–Trinajstić information content (AvgIpc) is 3.72. The zero-order valence-corrected chi connectivity index (χ0v) is 24.4. The van der Waals surface area contributed by atoms with E-state index in [1.807, 2.05) is 24.3 Å². The fraction of sp³-hybridized carbons (Fsp3) is 0.400. The molecule has 0 saturated heterocycles. The van der Waals surface area contributed by atoms with E-state index in [-0.39, 0.29) is 60.7 Å². The molecule has 0 unspecified atom stereocenters. The van der Waals surface area contributed by atoms with Gasteiger partial charge in [-0.3, -0.25) is 14.2 Å². The number of fused-ring (bicyclic) bond motifs is 1. The third kappa shape index (κ3) is 6.51. The first kappa shape index (κ1) is 29.8. The number of carbonyl (C=O) groups is 2. The molecule has 2 heterocycles. The first-order valence-corrected chi connectivity index (χ1v) is 15.3. The highest BCUT2D eigenvalue weighted by Crippen LogP contribution is 2.37. The molecule has 1 aliphatic carbocycles. The third-order valence-corrected chi connectivity index (χ3v) is 9.28. The summed E-state index contributed by atoms with van der Waals surface area (Å²) in [6.45, 7) is 0.918. The van der Waals surface area contributed by atoms with E-state index in [1.165, 1.54) is 26.2 Å². The number of para-hydroxylation sites is 1. The predicted octanol–water partition coefficient (Wildman–Crippen LogP) is 3.00. The quantitative estimate of drug-likeness (QED) is 0.325. The smallest absolute Gasteiger partial charge is 0.286 e. The summed E-state index contributed by atoms with van der Waals surface area (Å²) in [5.74, 6) is -0.118. The standard InChI is InChI=1S/C30H35N3O8S/c1-20(35)33-19-26(25-5-3-4-6-27(25)33)21-17-28(30(36)31-22-7-8-22)41-29(18-21)40-16-14-32(13-15-34)42(37,38)24-11-9-23(39-2)10-12-24/h3-6,9-12,17,19,21-22,29,34H,7-8,13-16,18H2,1-2H3,(H,31,36)/t21-,29+/m1/s1. The van der Waals surface area contributed by atoms with Crippen molar-refractivity contribution in [2.45, 2.75) is 49.3 Å². The topological polar surface area (TPSA) is 136 Å². The minimum atomic E-state index is -3.92. The molecule has 1 aliphatic heterocycles. The Morgan fingerprint density at radius 3 is 2.52 bits per heavy atom. The molecule has 1 aromatic heterocycles. The molecular formula is C30H35N3O8S. The van der Waals surface area contributed by atoms with Crippen LogP contribution in [0.1, 0.15) is 42.5 Å². The van der Waals surface area contributed by atoms with Crippen molar-refractivity contribution in [1.29, 1.82) is 0 Å². The molecule has 2 N–H and O–H groups in total. The van der Waals surface area contributed by atoms with Crippen LogP contribution in [-0.4, -0.2) is 80.0 Å². The summed E-state index contributed by atoms with van der Waals surface area (Å²) in [5, 5.41) is 13.4. The van der Waals surface area contributed by atoms with Gasteiger partial charge >= 0.3 is 0 Å². The van der Waals surface area contributed by atoms with E-state index in [0.717, 1.165) is 33.6 Å². The van der Waals surface area contributed by atoms with Crippen LogP contribution in [-0.2, 0) is 24.3 Å². The lowest BCUT2D eigenvalue weighted by atomic mass is 9.92. The van der Waals surface area contributed by atoms with Crippen LogP contribution < -0.4 is 10.1 Å². The number of allylic oxidation sites excluding steroid dienone is 1. The van der Waals surface area contributed by atoms with E-state index < -0.39 is 16.3 Å². The van der Waals surface area contributed by atoms with E-state index >= 15 is 0 Å². The Morgan fingerprint density at radius 1 is 1.12 bits per heavy atom. The maximum absolute atomic E-state index is 13.3. The van der Waals surface area contributed by atoms with Crippen LogP contribution in [0.25, 0.3) is 10.9 Å². The van der Waals surface area contributed by atoms with Crippen molar-refractivity contribution in [3.8, 4) is 5.75 Å². The predicted molar refractivity (Wildman–Crippen MR) is 155 cm³/mol. The minimum Gasteiger partial charge on any atom is -0.497 e. The van der Waals surface area contributed by atoms with Gasteiger partial charge in [0.25, 0.3) is 5.91 Å². The molecule has 0 radical (unpaired) electrons. The van der Waals surface area contributed by atoms with Gasteiger partial charge in [0.2, 0.25) is 22.2 Å². The van der Waals surface area contributed by atoms with Gasteiger partial charge in [0.05, 0.1) is 30.7 Å². The monoisotopic (exact) mass is 597 g/mol. The fourth-order valence-electron chi connectivity index (χ4n) is 5.03. The molecule has 1 amide bonds. The van der Waals surface area contributed by atoms with Crippen molar-refractivity contribution >= 4 is 32.7 Å². The molecule has 2 atom stereocenters. The second kappa shape index (κ2) is 12.7. The summed E-state index contributed by atoms with van der Waals surface area (Å²) in [6.07, 6.45) is 4.87. The molecule has 5 rings (SSSR count). The number of methoxy groups -OCH3 is 1. The van der Waals surface area contributed by atoms with Crippen molar-refractivity contribution in [1.82, 2.24) is 14.2 Å². The summed E-state index contributed by atoms with van der Waals surface area (Å²) in [6, 6.07) is 13.7. The first-order chi connectivity index (χ1) is 20.2. The van der Waals surface area contributed by atoms with Crippen molar-refractivity contribution in [3.63, 3.8) is 0 Å². The van der Waals surface area contributed by atoms with Crippen molar-refractivity contribution < 1.29 is 37.3 Å². The number of sulfonamides is 1. The Balaban J connectivity index is 1.35.